The molecule has 0 bridgehead atoms. The Balaban J connectivity index is 1.37. The lowest BCUT2D eigenvalue weighted by Crippen LogP contribution is -2.33. The van der Waals surface area contributed by atoms with Crippen LogP contribution in [0.3, 0.4) is 0 Å². The summed E-state index contributed by atoms with van der Waals surface area (Å²) in [6.07, 6.45) is 9.48. The fourth-order valence-corrected chi connectivity index (χ4v) is 5.86. The number of aromatic nitrogens is 4. The Morgan fingerprint density at radius 2 is 2.06 bits per heavy atom. The Labute approximate surface area is 201 Å². The van der Waals surface area contributed by atoms with Crippen LogP contribution in [0.15, 0.2) is 47.8 Å². The van der Waals surface area contributed by atoms with Crippen molar-refractivity contribution in [2.75, 3.05) is 7.11 Å². The zero-order chi connectivity index (χ0) is 23.7. The molecule has 8 nitrogen and oxygen atoms in total. The molecule has 1 amide bonds. The maximum atomic E-state index is 13.2. The number of hydrogen-bond acceptors (Lipinski definition) is 6. The fraction of sp³-hybridized carbons (Fsp3) is 0.360. The molecule has 34 heavy (non-hydrogen) atoms. The first-order valence-corrected chi connectivity index (χ1v) is 12.3. The maximum absolute atomic E-state index is 13.2. The van der Waals surface area contributed by atoms with E-state index < -0.39 is 6.04 Å². The molecular weight excluding hydrogens is 450 g/mol. The maximum Gasteiger partial charge on any atom is 0.262 e. The van der Waals surface area contributed by atoms with Gasteiger partial charge in [0, 0.05) is 42.8 Å². The van der Waals surface area contributed by atoms with Gasteiger partial charge in [-0.25, -0.2) is 9.97 Å². The minimum absolute atomic E-state index is 0.0532. The second-order valence-electron chi connectivity index (χ2n) is 8.52. The lowest BCUT2D eigenvalue weighted by Gasteiger charge is -2.21. The van der Waals surface area contributed by atoms with Crippen LogP contribution in [0.2, 0.25) is 0 Å². The van der Waals surface area contributed by atoms with Crippen LogP contribution in [-0.4, -0.2) is 32.1 Å². The number of hydrogen-bond donors (Lipinski definition) is 1. The zero-order valence-electron chi connectivity index (χ0n) is 19.3. The highest BCUT2D eigenvalue weighted by Crippen LogP contribution is 2.33. The minimum atomic E-state index is -0.482. The third kappa shape index (κ3) is 4.11. The first kappa shape index (κ1) is 22.3. The van der Waals surface area contributed by atoms with Gasteiger partial charge in [0.05, 0.1) is 18.8 Å². The Bertz CT molecular complexity index is 1400. The lowest BCUT2D eigenvalue weighted by atomic mass is 9.97. The van der Waals surface area contributed by atoms with E-state index in [1.807, 2.05) is 42.1 Å². The van der Waals surface area contributed by atoms with Crippen LogP contribution in [0.25, 0.3) is 10.2 Å². The summed E-state index contributed by atoms with van der Waals surface area (Å²) in [7, 11) is 3.49. The van der Waals surface area contributed by atoms with Crippen LogP contribution in [0.4, 0.5) is 0 Å². The molecule has 1 aromatic carbocycles. The van der Waals surface area contributed by atoms with Gasteiger partial charge in [0.2, 0.25) is 5.91 Å². The SMILES string of the molecule is COc1ccccc1[C@H](NC(=O)CCn1cnc2sc3c(c2c1=O)CCCC3)c1nccn1C. The summed E-state index contributed by atoms with van der Waals surface area (Å²) in [6.45, 7) is 0.261. The second-order valence-corrected chi connectivity index (χ2v) is 9.61. The molecule has 9 heteroatoms. The molecule has 1 aliphatic carbocycles. The summed E-state index contributed by atoms with van der Waals surface area (Å²) >= 11 is 1.63. The molecule has 0 unspecified atom stereocenters. The Hall–Kier alpha value is -3.46. The van der Waals surface area contributed by atoms with E-state index in [0.717, 1.165) is 47.0 Å². The predicted molar refractivity (Wildman–Crippen MR) is 131 cm³/mol. The molecule has 0 spiro atoms. The first-order chi connectivity index (χ1) is 16.6. The van der Waals surface area contributed by atoms with Gasteiger partial charge in [-0.3, -0.25) is 14.2 Å². The smallest absolute Gasteiger partial charge is 0.262 e. The normalized spacial score (nSPS) is 14.1. The largest absolute Gasteiger partial charge is 0.496 e. The Morgan fingerprint density at radius 1 is 1.24 bits per heavy atom. The Morgan fingerprint density at radius 3 is 2.85 bits per heavy atom. The van der Waals surface area contributed by atoms with Gasteiger partial charge in [0.15, 0.2) is 0 Å². The number of carbonyl (C=O) groups excluding carboxylic acids is 1. The third-order valence-corrected chi connectivity index (χ3v) is 7.59. The lowest BCUT2D eigenvalue weighted by molar-refractivity contribution is -0.121. The molecule has 1 N–H and O–H groups in total. The van der Waals surface area contributed by atoms with Crippen molar-refractivity contribution in [2.45, 2.75) is 44.7 Å². The quantitative estimate of drug-likeness (QED) is 0.441. The summed E-state index contributed by atoms with van der Waals surface area (Å²) in [6, 6.07) is 7.09. The summed E-state index contributed by atoms with van der Waals surface area (Å²) in [4.78, 5) is 37.3. The highest BCUT2D eigenvalue weighted by molar-refractivity contribution is 7.18. The summed E-state index contributed by atoms with van der Waals surface area (Å²) in [5.74, 6) is 1.19. The first-order valence-electron chi connectivity index (χ1n) is 11.5. The molecule has 3 heterocycles. The number of thiophene rings is 1. The van der Waals surface area contributed by atoms with E-state index in [9.17, 15) is 9.59 Å². The van der Waals surface area contributed by atoms with Gasteiger partial charge in [-0.05, 0) is 37.3 Å². The average molecular weight is 478 g/mol. The molecule has 1 aliphatic rings. The molecule has 4 aromatic rings. The second kappa shape index (κ2) is 9.42. The van der Waals surface area contributed by atoms with Crippen LogP contribution in [0.1, 0.15) is 47.1 Å². The zero-order valence-corrected chi connectivity index (χ0v) is 20.1. The third-order valence-electron chi connectivity index (χ3n) is 6.39. The number of benzene rings is 1. The molecule has 5 rings (SSSR count). The van der Waals surface area contributed by atoms with E-state index in [1.54, 1.807) is 35.5 Å². The molecule has 176 valence electrons. The predicted octanol–water partition coefficient (Wildman–Crippen LogP) is 3.37. The van der Waals surface area contributed by atoms with Crippen LogP contribution >= 0.6 is 11.3 Å². The van der Waals surface area contributed by atoms with E-state index in [1.165, 1.54) is 4.88 Å². The number of nitrogens with one attached hydrogen (secondary N) is 1. The van der Waals surface area contributed by atoms with Crippen LogP contribution in [0, 0.1) is 0 Å². The number of methoxy groups -OCH3 is 1. The molecule has 1 atom stereocenters. The average Bonchev–Trinajstić information content (AvgIpc) is 3.45. The van der Waals surface area contributed by atoms with Crippen molar-refractivity contribution in [3.63, 3.8) is 0 Å². The number of fused-ring (bicyclic) bond motifs is 3. The highest BCUT2D eigenvalue weighted by atomic mass is 32.1. The standard InChI is InChI=1S/C25H27N5O3S/c1-29-14-12-26-23(29)22(16-7-3-5-9-18(16)33-2)28-20(31)11-13-30-15-27-24-21(25(30)32)17-8-4-6-10-19(17)34-24/h3,5,7,9,12,14-15,22H,4,6,8,10-11,13H2,1-2H3,(H,28,31)/t22-/m0/s1. The number of rotatable bonds is 7. The number of imidazole rings is 1. The van der Waals surface area contributed by atoms with Crippen molar-refractivity contribution >= 4 is 27.5 Å². The van der Waals surface area contributed by atoms with E-state index in [2.05, 4.69) is 15.3 Å². The van der Waals surface area contributed by atoms with Gasteiger partial charge in [0.1, 0.15) is 22.4 Å². The van der Waals surface area contributed by atoms with Crippen LogP contribution < -0.4 is 15.6 Å². The van der Waals surface area contributed by atoms with Gasteiger partial charge in [-0.1, -0.05) is 18.2 Å². The summed E-state index contributed by atoms with van der Waals surface area (Å²) in [5, 5.41) is 3.83. The van der Waals surface area contributed by atoms with E-state index in [4.69, 9.17) is 4.74 Å². The number of ether oxygens (including phenoxy) is 1. The van der Waals surface area contributed by atoms with Crippen molar-refractivity contribution in [1.82, 2.24) is 24.4 Å². The van der Waals surface area contributed by atoms with Crippen molar-refractivity contribution in [2.24, 2.45) is 7.05 Å². The number of amides is 1. The molecular formula is C25H27N5O3S. The van der Waals surface area contributed by atoms with Gasteiger partial charge in [0.25, 0.3) is 5.56 Å². The van der Waals surface area contributed by atoms with Crippen LogP contribution in [0.5, 0.6) is 5.75 Å². The molecule has 0 radical (unpaired) electrons. The van der Waals surface area contributed by atoms with Crippen molar-refractivity contribution in [3.05, 3.63) is 75.2 Å². The highest BCUT2D eigenvalue weighted by Gasteiger charge is 2.24. The Kier molecular flexibility index (Phi) is 6.19. The molecule has 0 saturated carbocycles. The monoisotopic (exact) mass is 477 g/mol. The minimum Gasteiger partial charge on any atom is -0.496 e. The van der Waals surface area contributed by atoms with E-state index >= 15 is 0 Å². The number of para-hydroxylation sites is 1. The van der Waals surface area contributed by atoms with Crippen molar-refractivity contribution in [3.8, 4) is 5.75 Å². The van der Waals surface area contributed by atoms with Crippen molar-refractivity contribution < 1.29 is 9.53 Å². The van der Waals surface area contributed by atoms with E-state index in [0.29, 0.717) is 11.6 Å². The number of carbonyl (C=O) groups is 1. The summed E-state index contributed by atoms with van der Waals surface area (Å²) in [5.41, 5.74) is 1.92. The van der Waals surface area contributed by atoms with Gasteiger partial charge in [-0.2, -0.15) is 0 Å². The number of aryl methyl sites for hydroxylation is 4. The molecule has 0 saturated heterocycles. The van der Waals surface area contributed by atoms with Gasteiger partial charge >= 0.3 is 0 Å². The van der Waals surface area contributed by atoms with E-state index in [-0.39, 0.29) is 24.4 Å². The summed E-state index contributed by atoms with van der Waals surface area (Å²) < 4.78 is 8.96. The molecule has 0 fully saturated rings. The molecule has 3 aromatic heterocycles. The number of nitrogens with zero attached hydrogens (tertiary/aromatic N) is 4. The van der Waals surface area contributed by atoms with Gasteiger partial charge < -0.3 is 14.6 Å². The fourth-order valence-electron chi connectivity index (χ4n) is 4.64. The van der Waals surface area contributed by atoms with Crippen molar-refractivity contribution in [1.29, 1.82) is 0 Å². The van der Waals surface area contributed by atoms with Crippen LogP contribution in [-0.2, 0) is 31.2 Å². The topological polar surface area (TPSA) is 91.0 Å². The van der Waals surface area contributed by atoms with Gasteiger partial charge in [-0.15, -0.1) is 11.3 Å². The molecule has 0 aliphatic heterocycles.